The van der Waals surface area contributed by atoms with Crippen molar-refractivity contribution >= 4 is 24.5 Å². The Morgan fingerprint density at radius 2 is 1.42 bits per heavy atom. The summed E-state index contributed by atoms with van der Waals surface area (Å²) in [4.78, 5) is 11.7. The molecule has 0 amide bonds. The highest BCUT2D eigenvalue weighted by molar-refractivity contribution is 6.99. The first-order chi connectivity index (χ1) is 11.4. The highest BCUT2D eigenvalue weighted by Gasteiger charge is 2.51. The Bertz CT molecular complexity index is 690. The molecular formula is C21H24O2Si. The van der Waals surface area contributed by atoms with Crippen molar-refractivity contribution in [1.82, 2.24) is 0 Å². The zero-order valence-corrected chi connectivity index (χ0v) is 15.5. The maximum Gasteiger partial charge on any atom is 0.261 e. The van der Waals surface area contributed by atoms with Gasteiger partial charge in [0, 0.05) is 6.42 Å². The molecule has 1 aliphatic carbocycles. The summed E-state index contributed by atoms with van der Waals surface area (Å²) in [6.45, 7) is 6.75. The van der Waals surface area contributed by atoms with Gasteiger partial charge in [-0.2, -0.15) is 0 Å². The Labute approximate surface area is 145 Å². The first-order valence-corrected chi connectivity index (χ1v) is 10.3. The molecule has 0 radical (unpaired) electrons. The average Bonchev–Trinajstić information content (AvgIpc) is 2.98. The van der Waals surface area contributed by atoms with E-state index in [2.05, 4.69) is 69.3 Å². The summed E-state index contributed by atoms with van der Waals surface area (Å²) < 4.78 is 6.84. The van der Waals surface area contributed by atoms with Crippen molar-refractivity contribution < 1.29 is 9.22 Å². The van der Waals surface area contributed by atoms with Crippen LogP contribution in [0.15, 0.2) is 72.8 Å². The maximum absolute atomic E-state index is 11.7. The standard InChI is InChI=1S/C21H24O2Si/c1-21(2,3)24(19-10-6-4-7-11-19,20-12-8-5-9-13-20)23-18-15-14-17(22)16-18/h4-15,18H,16H2,1-3H3/t18-/m1/s1. The lowest BCUT2D eigenvalue weighted by Crippen LogP contribution is -2.67. The molecule has 3 rings (SSSR count). The minimum Gasteiger partial charge on any atom is -0.401 e. The number of allylic oxidation sites excluding steroid dienone is 1. The summed E-state index contributed by atoms with van der Waals surface area (Å²) >= 11 is 0. The van der Waals surface area contributed by atoms with Gasteiger partial charge in [0.15, 0.2) is 5.78 Å². The lowest BCUT2D eigenvalue weighted by Gasteiger charge is -2.44. The van der Waals surface area contributed by atoms with Crippen LogP contribution >= 0.6 is 0 Å². The van der Waals surface area contributed by atoms with Crippen LogP contribution in [-0.4, -0.2) is 20.2 Å². The molecule has 1 aliphatic rings. The molecule has 0 spiro atoms. The molecule has 0 aliphatic heterocycles. The molecule has 1 atom stereocenters. The summed E-state index contributed by atoms with van der Waals surface area (Å²) in [5.41, 5.74) is 0. The summed E-state index contributed by atoms with van der Waals surface area (Å²) in [5, 5.41) is 2.43. The van der Waals surface area contributed by atoms with Crippen molar-refractivity contribution in [1.29, 1.82) is 0 Å². The fourth-order valence-electron chi connectivity index (χ4n) is 3.55. The summed E-state index contributed by atoms with van der Waals surface area (Å²) in [6, 6.07) is 21.1. The predicted octanol–water partition coefficient (Wildman–Crippen LogP) is 3.46. The largest absolute Gasteiger partial charge is 0.401 e. The van der Waals surface area contributed by atoms with E-state index in [1.165, 1.54) is 10.4 Å². The van der Waals surface area contributed by atoms with Crippen LogP contribution in [0.2, 0.25) is 5.04 Å². The number of ketones is 1. The Balaban J connectivity index is 2.17. The highest BCUT2D eigenvalue weighted by atomic mass is 28.4. The Morgan fingerprint density at radius 3 is 1.79 bits per heavy atom. The second-order valence-electron chi connectivity index (χ2n) is 7.35. The van der Waals surface area contributed by atoms with Crippen LogP contribution in [0.4, 0.5) is 0 Å². The van der Waals surface area contributed by atoms with E-state index in [-0.39, 0.29) is 16.9 Å². The van der Waals surface area contributed by atoms with E-state index < -0.39 is 8.32 Å². The van der Waals surface area contributed by atoms with Gasteiger partial charge in [-0.1, -0.05) is 87.5 Å². The normalized spacial score (nSPS) is 18.1. The third-order valence-electron chi connectivity index (χ3n) is 4.64. The molecule has 0 unspecified atom stereocenters. The van der Waals surface area contributed by atoms with Crippen LogP contribution in [0, 0.1) is 0 Å². The molecule has 2 aromatic rings. The van der Waals surface area contributed by atoms with Gasteiger partial charge in [0.25, 0.3) is 8.32 Å². The van der Waals surface area contributed by atoms with E-state index in [4.69, 9.17) is 4.43 Å². The van der Waals surface area contributed by atoms with Gasteiger partial charge in [-0.3, -0.25) is 4.79 Å². The van der Waals surface area contributed by atoms with E-state index in [1.807, 2.05) is 18.2 Å². The predicted molar refractivity (Wildman–Crippen MR) is 101 cm³/mol. The first-order valence-electron chi connectivity index (χ1n) is 8.43. The van der Waals surface area contributed by atoms with Gasteiger partial charge >= 0.3 is 0 Å². The van der Waals surface area contributed by atoms with Crippen LogP contribution in [0.3, 0.4) is 0 Å². The molecule has 0 saturated heterocycles. The quantitative estimate of drug-likeness (QED) is 0.799. The van der Waals surface area contributed by atoms with Gasteiger partial charge in [-0.05, 0) is 21.5 Å². The Hall–Kier alpha value is -1.97. The van der Waals surface area contributed by atoms with Crippen LogP contribution < -0.4 is 10.4 Å². The molecular weight excluding hydrogens is 312 g/mol. The van der Waals surface area contributed by atoms with E-state index >= 15 is 0 Å². The van der Waals surface area contributed by atoms with Gasteiger partial charge < -0.3 is 4.43 Å². The topological polar surface area (TPSA) is 26.3 Å². The Kier molecular flexibility index (Phi) is 4.57. The smallest absolute Gasteiger partial charge is 0.261 e. The van der Waals surface area contributed by atoms with Gasteiger partial charge in [-0.25, -0.2) is 0 Å². The zero-order chi connectivity index (χ0) is 17.2. The third-order valence-corrected chi connectivity index (χ3v) is 9.71. The average molecular weight is 337 g/mol. The van der Waals surface area contributed by atoms with Gasteiger partial charge in [0.05, 0.1) is 6.10 Å². The van der Waals surface area contributed by atoms with Crippen molar-refractivity contribution in [2.24, 2.45) is 0 Å². The minimum absolute atomic E-state index is 0.0603. The molecule has 0 aromatic heterocycles. The van der Waals surface area contributed by atoms with E-state index in [0.29, 0.717) is 6.42 Å². The molecule has 0 heterocycles. The molecule has 2 aromatic carbocycles. The second kappa shape index (κ2) is 6.50. The van der Waals surface area contributed by atoms with Crippen LogP contribution in [0.1, 0.15) is 27.2 Å². The van der Waals surface area contributed by atoms with E-state index in [9.17, 15) is 4.79 Å². The Morgan fingerprint density at radius 1 is 0.917 bits per heavy atom. The highest BCUT2D eigenvalue weighted by Crippen LogP contribution is 2.38. The van der Waals surface area contributed by atoms with Crippen molar-refractivity contribution in [3.8, 4) is 0 Å². The lowest BCUT2D eigenvalue weighted by atomic mass is 10.2. The van der Waals surface area contributed by atoms with Crippen molar-refractivity contribution in [3.05, 3.63) is 72.8 Å². The van der Waals surface area contributed by atoms with Crippen LogP contribution in [-0.2, 0) is 9.22 Å². The molecule has 2 nitrogen and oxygen atoms in total. The van der Waals surface area contributed by atoms with Crippen molar-refractivity contribution in [2.45, 2.75) is 38.3 Å². The van der Waals surface area contributed by atoms with Crippen LogP contribution in [0.5, 0.6) is 0 Å². The number of hydrogen-bond donors (Lipinski definition) is 0. The molecule has 0 fully saturated rings. The monoisotopic (exact) mass is 336 g/mol. The fraction of sp³-hybridized carbons (Fsp3) is 0.286. The summed E-state index contributed by atoms with van der Waals surface area (Å²) in [7, 11) is -2.55. The summed E-state index contributed by atoms with van der Waals surface area (Å²) in [5.74, 6) is 0.151. The van der Waals surface area contributed by atoms with Crippen molar-refractivity contribution in [3.63, 3.8) is 0 Å². The minimum atomic E-state index is -2.55. The number of rotatable bonds is 4. The lowest BCUT2D eigenvalue weighted by molar-refractivity contribution is -0.114. The van der Waals surface area contributed by atoms with Gasteiger partial charge in [-0.15, -0.1) is 0 Å². The third kappa shape index (κ3) is 3.02. The van der Waals surface area contributed by atoms with Crippen molar-refractivity contribution in [2.75, 3.05) is 0 Å². The van der Waals surface area contributed by atoms with E-state index in [1.54, 1.807) is 6.08 Å². The SMILES string of the molecule is CC(C)(C)[Si](O[C@@H]1C=CC(=O)C1)(c1ccccc1)c1ccccc1. The summed E-state index contributed by atoms with van der Waals surface area (Å²) in [6.07, 6.45) is 3.89. The molecule has 24 heavy (non-hydrogen) atoms. The van der Waals surface area contributed by atoms with Crippen LogP contribution in [0.25, 0.3) is 0 Å². The molecule has 124 valence electrons. The zero-order valence-electron chi connectivity index (χ0n) is 14.5. The van der Waals surface area contributed by atoms with E-state index in [0.717, 1.165) is 0 Å². The molecule has 0 saturated carbocycles. The number of carbonyl (C=O) groups excluding carboxylic acids is 1. The van der Waals surface area contributed by atoms with Gasteiger partial charge in [0.2, 0.25) is 0 Å². The number of hydrogen-bond acceptors (Lipinski definition) is 2. The number of carbonyl (C=O) groups is 1. The maximum atomic E-state index is 11.7. The van der Waals surface area contributed by atoms with Gasteiger partial charge in [0.1, 0.15) is 0 Å². The molecule has 3 heteroatoms. The molecule has 0 N–H and O–H groups in total. The number of benzene rings is 2. The second-order valence-corrected chi connectivity index (χ2v) is 11.6. The fourth-order valence-corrected chi connectivity index (χ4v) is 8.18. The molecule has 0 bridgehead atoms. The first kappa shape index (κ1) is 16.9.